The van der Waals surface area contributed by atoms with Crippen molar-refractivity contribution < 1.29 is 14.6 Å². The van der Waals surface area contributed by atoms with E-state index in [0.29, 0.717) is 16.3 Å². The summed E-state index contributed by atoms with van der Waals surface area (Å²) in [5.41, 5.74) is 5.32. The topological polar surface area (TPSA) is 58.6 Å². The molecule has 0 aromatic heterocycles. The van der Waals surface area contributed by atoms with Gasteiger partial charge in [-0.2, -0.15) is 0 Å². The molecule has 1 aliphatic rings. The molecule has 0 bridgehead atoms. The molecule has 142 valence electrons. The van der Waals surface area contributed by atoms with Crippen LogP contribution in [0.2, 0.25) is 10.0 Å². The number of fused-ring (bicyclic) bond motifs is 3. The van der Waals surface area contributed by atoms with Crippen LogP contribution in [0.25, 0.3) is 11.1 Å². The summed E-state index contributed by atoms with van der Waals surface area (Å²) in [6.07, 6.45) is -0.616. The number of hydrogen-bond acceptors (Lipinski definition) is 3. The molecule has 1 amide bonds. The van der Waals surface area contributed by atoms with E-state index in [-0.39, 0.29) is 24.2 Å². The molecule has 2 N–H and O–H groups in total. The highest BCUT2D eigenvalue weighted by Crippen LogP contribution is 2.44. The number of benzene rings is 3. The Balaban J connectivity index is 1.50. The average Bonchev–Trinajstić information content (AvgIpc) is 3.03. The number of carbonyl (C=O) groups is 1. The summed E-state index contributed by atoms with van der Waals surface area (Å²) >= 11 is 12.2. The third-order valence-corrected chi connectivity index (χ3v) is 5.71. The number of ether oxygens (including phenoxy) is 1. The summed E-state index contributed by atoms with van der Waals surface area (Å²) in [5, 5.41) is 12.5. The third-order valence-electron chi connectivity index (χ3n) is 4.92. The first-order chi connectivity index (χ1) is 13.6. The minimum atomic E-state index is -0.616. The van der Waals surface area contributed by atoms with Crippen molar-refractivity contribution in [1.29, 1.82) is 0 Å². The normalized spacial score (nSPS) is 12.4. The molecular formula is C22H17Cl2NO3. The number of carbonyl (C=O) groups excluding carboxylic acids is 1. The summed E-state index contributed by atoms with van der Waals surface area (Å²) in [6, 6.07) is 19.4. The molecule has 6 heteroatoms. The molecule has 28 heavy (non-hydrogen) atoms. The number of hydrogen-bond donors (Lipinski definition) is 2. The van der Waals surface area contributed by atoms with Crippen molar-refractivity contribution in [1.82, 2.24) is 0 Å². The summed E-state index contributed by atoms with van der Waals surface area (Å²) in [5.74, 6) is -0.0214. The van der Waals surface area contributed by atoms with Gasteiger partial charge < -0.3 is 9.84 Å². The predicted octanol–water partition coefficient (Wildman–Crippen LogP) is 5.85. The van der Waals surface area contributed by atoms with Crippen molar-refractivity contribution in [3.05, 3.63) is 87.4 Å². The van der Waals surface area contributed by atoms with Gasteiger partial charge in [-0.15, -0.1) is 0 Å². The molecule has 0 unspecified atom stereocenters. The molecule has 0 fully saturated rings. The van der Waals surface area contributed by atoms with E-state index in [1.807, 2.05) is 24.3 Å². The first-order valence-electron chi connectivity index (χ1n) is 8.80. The van der Waals surface area contributed by atoms with Crippen LogP contribution in [-0.2, 0) is 11.3 Å². The van der Waals surface area contributed by atoms with Crippen LogP contribution in [-0.4, -0.2) is 17.8 Å². The lowest BCUT2D eigenvalue weighted by atomic mass is 9.98. The lowest BCUT2D eigenvalue weighted by Crippen LogP contribution is -2.18. The van der Waals surface area contributed by atoms with Crippen molar-refractivity contribution in [2.45, 2.75) is 12.5 Å². The molecule has 0 spiro atoms. The van der Waals surface area contributed by atoms with Gasteiger partial charge in [0.05, 0.1) is 17.3 Å². The molecule has 0 saturated carbocycles. The summed E-state index contributed by atoms with van der Waals surface area (Å²) in [6.45, 7) is -0.115. The van der Waals surface area contributed by atoms with E-state index < -0.39 is 6.09 Å². The Morgan fingerprint density at radius 3 is 2.18 bits per heavy atom. The SMILES string of the molecule is O=C(Nc1ccc(Cl)c(CO)c1Cl)OCC1c2ccccc2-c2ccccc21. The van der Waals surface area contributed by atoms with Gasteiger partial charge in [-0.3, -0.25) is 5.32 Å². The van der Waals surface area contributed by atoms with E-state index in [9.17, 15) is 9.90 Å². The maximum absolute atomic E-state index is 12.3. The standard InChI is InChI=1S/C22H17Cl2NO3/c23-19-9-10-20(21(24)17(19)11-26)25-22(27)28-12-18-15-7-3-1-5-13(15)14-6-2-4-8-16(14)18/h1-10,18,26H,11-12H2,(H,25,27). The second-order valence-corrected chi connectivity index (χ2v) is 7.28. The van der Waals surface area contributed by atoms with Crippen LogP contribution in [0.15, 0.2) is 60.7 Å². The van der Waals surface area contributed by atoms with Gasteiger partial charge in [0.25, 0.3) is 0 Å². The second kappa shape index (κ2) is 7.84. The molecule has 0 heterocycles. The fourth-order valence-corrected chi connectivity index (χ4v) is 4.12. The van der Waals surface area contributed by atoms with E-state index in [1.165, 1.54) is 11.1 Å². The van der Waals surface area contributed by atoms with Crippen molar-refractivity contribution in [3.8, 4) is 11.1 Å². The average molecular weight is 414 g/mol. The van der Waals surface area contributed by atoms with Crippen molar-refractivity contribution in [2.75, 3.05) is 11.9 Å². The van der Waals surface area contributed by atoms with Gasteiger partial charge in [-0.1, -0.05) is 71.7 Å². The number of anilines is 1. The van der Waals surface area contributed by atoms with Gasteiger partial charge in [-0.05, 0) is 34.4 Å². The van der Waals surface area contributed by atoms with Crippen LogP contribution in [0.4, 0.5) is 10.5 Å². The molecule has 0 saturated heterocycles. The predicted molar refractivity (Wildman–Crippen MR) is 111 cm³/mol. The highest BCUT2D eigenvalue weighted by molar-refractivity contribution is 6.38. The molecule has 4 nitrogen and oxygen atoms in total. The lowest BCUT2D eigenvalue weighted by molar-refractivity contribution is 0.158. The number of nitrogens with one attached hydrogen (secondary N) is 1. The largest absolute Gasteiger partial charge is 0.448 e. The van der Waals surface area contributed by atoms with Crippen molar-refractivity contribution >= 4 is 35.0 Å². The first kappa shape index (κ1) is 18.8. The fourth-order valence-electron chi connectivity index (χ4n) is 3.58. The van der Waals surface area contributed by atoms with Crippen LogP contribution in [0.1, 0.15) is 22.6 Å². The molecule has 3 aromatic carbocycles. The zero-order valence-electron chi connectivity index (χ0n) is 14.8. The van der Waals surface area contributed by atoms with Crippen LogP contribution in [0.5, 0.6) is 0 Å². The monoisotopic (exact) mass is 413 g/mol. The van der Waals surface area contributed by atoms with E-state index in [1.54, 1.807) is 12.1 Å². The van der Waals surface area contributed by atoms with Crippen molar-refractivity contribution in [2.24, 2.45) is 0 Å². The molecule has 0 aliphatic heterocycles. The first-order valence-corrected chi connectivity index (χ1v) is 9.55. The van der Waals surface area contributed by atoms with Gasteiger partial charge in [0.1, 0.15) is 6.61 Å². The molecule has 4 rings (SSSR count). The maximum atomic E-state index is 12.3. The fraction of sp³-hybridized carbons (Fsp3) is 0.136. The van der Waals surface area contributed by atoms with Crippen LogP contribution in [0.3, 0.4) is 0 Å². The van der Waals surface area contributed by atoms with Gasteiger partial charge in [0.15, 0.2) is 0 Å². The van der Waals surface area contributed by atoms with Gasteiger partial charge in [0, 0.05) is 16.5 Å². The minimum Gasteiger partial charge on any atom is -0.448 e. The maximum Gasteiger partial charge on any atom is 0.411 e. The molecule has 0 atom stereocenters. The minimum absolute atomic E-state index is 0.0214. The number of aliphatic hydroxyl groups is 1. The number of aliphatic hydroxyl groups excluding tert-OH is 1. The Morgan fingerprint density at radius 2 is 1.57 bits per heavy atom. The lowest BCUT2D eigenvalue weighted by Gasteiger charge is -2.15. The second-order valence-electron chi connectivity index (χ2n) is 6.50. The van der Waals surface area contributed by atoms with E-state index in [4.69, 9.17) is 27.9 Å². The van der Waals surface area contributed by atoms with Gasteiger partial charge in [-0.25, -0.2) is 4.79 Å². The molecule has 0 radical (unpaired) electrons. The van der Waals surface area contributed by atoms with Gasteiger partial charge >= 0.3 is 6.09 Å². The summed E-state index contributed by atoms with van der Waals surface area (Å²) in [7, 11) is 0. The Labute approximate surface area is 172 Å². The molecule has 1 aliphatic carbocycles. The van der Waals surface area contributed by atoms with Crippen LogP contribution in [0, 0.1) is 0 Å². The highest BCUT2D eigenvalue weighted by Gasteiger charge is 2.29. The Kier molecular flexibility index (Phi) is 5.27. The molecular weight excluding hydrogens is 397 g/mol. The van der Waals surface area contributed by atoms with E-state index >= 15 is 0 Å². The smallest absolute Gasteiger partial charge is 0.411 e. The number of halogens is 2. The van der Waals surface area contributed by atoms with E-state index in [2.05, 4.69) is 29.6 Å². The van der Waals surface area contributed by atoms with E-state index in [0.717, 1.165) is 11.1 Å². The Morgan fingerprint density at radius 1 is 0.964 bits per heavy atom. The summed E-state index contributed by atoms with van der Waals surface area (Å²) in [4.78, 5) is 12.3. The van der Waals surface area contributed by atoms with Crippen LogP contribution >= 0.6 is 23.2 Å². The zero-order valence-corrected chi connectivity index (χ0v) is 16.3. The summed E-state index contributed by atoms with van der Waals surface area (Å²) < 4.78 is 5.50. The zero-order chi connectivity index (χ0) is 19.7. The number of rotatable bonds is 4. The van der Waals surface area contributed by atoms with Crippen LogP contribution < -0.4 is 5.32 Å². The molecule has 3 aromatic rings. The quantitative estimate of drug-likeness (QED) is 0.563. The third kappa shape index (κ3) is 3.35. The van der Waals surface area contributed by atoms with Gasteiger partial charge in [0.2, 0.25) is 0 Å². The highest BCUT2D eigenvalue weighted by atomic mass is 35.5. The van der Waals surface area contributed by atoms with Crippen molar-refractivity contribution in [3.63, 3.8) is 0 Å². The Bertz CT molecular complexity index is 1010. The Hall–Kier alpha value is -2.53. The number of amides is 1.